The molecule has 46 heavy (non-hydrogen) atoms. The van der Waals surface area contributed by atoms with E-state index in [9.17, 15) is 20.0 Å². The van der Waals surface area contributed by atoms with Gasteiger partial charge in [-0.2, -0.15) is 5.26 Å². The van der Waals surface area contributed by atoms with E-state index < -0.39 is 5.97 Å². The number of pyridine rings is 2. The van der Waals surface area contributed by atoms with Crippen molar-refractivity contribution in [2.24, 2.45) is 0 Å². The van der Waals surface area contributed by atoms with Crippen molar-refractivity contribution in [3.8, 4) is 34.2 Å². The lowest BCUT2D eigenvalue weighted by atomic mass is 10.0. The Morgan fingerprint density at radius 1 is 1.07 bits per heavy atom. The third kappa shape index (κ3) is 5.42. The molecule has 4 heterocycles. The summed E-state index contributed by atoms with van der Waals surface area (Å²) in [7, 11) is 3.55. The van der Waals surface area contributed by atoms with Crippen molar-refractivity contribution < 1.29 is 14.6 Å². The highest BCUT2D eigenvalue weighted by Crippen LogP contribution is 2.40. The van der Waals surface area contributed by atoms with Crippen molar-refractivity contribution in [3.63, 3.8) is 0 Å². The van der Waals surface area contributed by atoms with Crippen LogP contribution in [0.1, 0.15) is 27.4 Å². The molecule has 0 aliphatic rings. The summed E-state index contributed by atoms with van der Waals surface area (Å²) < 4.78 is 8.46. The van der Waals surface area contributed by atoms with Gasteiger partial charge in [-0.15, -0.1) is 11.3 Å². The SMILES string of the molecule is Cc1cc(-c2cc(Cl)ccc2OCCn2c(C)nc3c(-c4ccccc4)nc(N(C)C)c(C#N)c3c2=O)c2scc(C(=O)O)c2n1. The van der Waals surface area contributed by atoms with Crippen LogP contribution in [0.4, 0.5) is 5.82 Å². The van der Waals surface area contributed by atoms with Gasteiger partial charge in [0.2, 0.25) is 0 Å². The fourth-order valence-corrected chi connectivity index (χ4v) is 6.63. The molecule has 0 atom stereocenters. The second-order valence-corrected chi connectivity index (χ2v) is 12.1. The van der Waals surface area contributed by atoms with E-state index in [1.807, 2.05) is 36.4 Å². The van der Waals surface area contributed by atoms with Crippen LogP contribution in [0.2, 0.25) is 5.02 Å². The molecule has 0 saturated carbocycles. The van der Waals surface area contributed by atoms with E-state index in [1.165, 1.54) is 15.9 Å². The minimum Gasteiger partial charge on any atom is -0.491 e. The predicted molar refractivity (Wildman–Crippen MR) is 180 cm³/mol. The van der Waals surface area contributed by atoms with Gasteiger partial charge in [-0.3, -0.25) is 14.3 Å². The van der Waals surface area contributed by atoms with E-state index in [1.54, 1.807) is 56.4 Å². The second-order valence-electron chi connectivity index (χ2n) is 10.8. The summed E-state index contributed by atoms with van der Waals surface area (Å²) in [5, 5.41) is 22.1. The van der Waals surface area contributed by atoms with E-state index >= 15 is 0 Å². The number of ether oxygens (including phenoxy) is 1. The quantitative estimate of drug-likeness (QED) is 0.190. The molecule has 6 rings (SSSR count). The average molecular weight is 651 g/mol. The van der Waals surface area contributed by atoms with Crippen molar-refractivity contribution >= 4 is 55.8 Å². The molecule has 0 spiro atoms. The number of hydrogen-bond donors (Lipinski definition) is 1. The third-order valence-corrected chi connectivity index (χ3v) is 8.78. The minimum absolute atomic E-state index is 0.0969. The van der Waals surface area contributed by atoms with Crippen LogP contribution in [0.5, 0.6) is 5.75 Å². The van der Waals surface area contributed by atoms with E-state index in [-0.39, 0.29) is 35.2 Å². The summed E-state index contributed by atoms with van der Waals surface area (Å²) in [6.45, 7) is 3.78. The highest BCUT2D eigenvalue weighted by atomic mass is 35.5. The molecule has 4 aromatic heterocycles. The number of carboxylic acids is 1. The fraction of sp³-hybridized carbons (Fsp3) is 0.176. The van der Waals surface area contributed by atoms with E-state index in [0.29, 0.717) is 55.1 Å². The predicted octanol–water partition coefficient (Wildman–Crippen LogP) is 6.72. The number of nitrogens with zero attached hydrogens (tertiary/aromatic N) is 6. The Hall–Kier alpha value is -5.31. The molecule has 0 aliphatic carbocycles. The molecule has 10 nitrogen and oxygen atoms in total. The van der Waals surface area contributed by atoms with Gasteiger partial charge in [0, 0.05) is 46.9 Å². The molecule has 230 valence electrons. The second kappa shape index (κ2) is 12.2. The highest BCUT2D eigenvalue weighted by Gasteiger charge is 2.23. The fourth-order valence-electron chi connectivity index (χ4n) is 5.45. The van der Waals surface area contributed by atoms with Crippen molar-refractivity contribution in [2.75, 3.05) is 25.6 Å². The zero-order valence-corrected chi connectivity index (χ0v) is 26.9. The van der Waals surface area contributed by atoms with Gasteiger partial charge in [-0.05, 0) is 38.1 Å². The van der Waals surface area contributed by atoms with Crippen molar-refractivity contribution in [3.05, 3.63) is 98.0 Å². The number of benzene rings is 2. The Balaban J connectivity index is 1.41. The molecule has 0 unspecified atom stereocenters. The van der Waals surface area contributed by atoms with E-state index in [4.69, 9.17) is 26.3 Å². The largest absolute Gasteiger partial charge is 0.491 e. The molecular weight excluding hydrogens is 624 g/mol. The molecule has 0 aliphatic heterocycles. The first-order chi connectivity index (χ1) is 22.1. The lowest BCUT2D eigenvalue weighted by molar-refractivity contribution is 0.0699. The van der Waals surface area contributed by atoms with Crippen LogP contribution in [-0.2, 0) is 6.54 Å². The number of carbonyl (C=O) groups is 1. The molecule has 0 amide bonds. The summed E-state index contributed by atoms with van der Waals surface area (Å²) in [6.07, 6.45) is 0. The minimum atomic E-state index is -1.05. The zero-order chi connectivity index (χ0) is 32.7. The third-order valence-electron chi connectivity index (χ3n) is 7.54. The molecule has 2 aromatic carbocycles. The number of thiophene rings is 1. The Morgan fingerprint density at radius 3 is 2.52 bits per heavy atom. The molecule has 1 N–H and O–H groups in total. The molecule has 0 fully saturated rings. The monoisotopic (exact) mass is 650 g/mol. The summed E-state index contributed by atoms with van der Waals surface area (Å²) >= 11 is 7.70. The van der Waals surface area contributed by atoms with Gasteiger partial charge < -0.3 is 14.7 Å². The van der Waals surface area contributed by atoms with Crippen molar-refractivity contribution in [1.29, 1.82) is 5.26 Å². The number of aryl methyl sites for hydroxylation is 2. The van der Waals surface area contributed by atoms with Gasteiger partial charge in [-0.25, -0.2) is 14.8 Å². The van der Waals surface area contributed by atoms with Crippen LogP contribution in [0, 0.1) is 25.2 Å². The lowest BCUT2D eigenvalue weighted by Crippen LogP contribution is -2.28. The summed E-state index contributed by atoms with van der Waals surface area (Å²) in [4.78, 5) is 41.7. The van der Waals surface area contributed by atoms with Gasteiger partial charge in [0.25, 0.3) is 5.56 Å². The van der Waals surface area contributed by atoms with Crippen LogP contribution in [0.3, 0.4) is 0 Å². The molecule has 0 bridgehead atoms. The van der Waals surface area contributed by atoms with Crippen LogP contribution >= 0.6 is 22.9 Å². The van der Waals surface area contributed by atoms with Crippen molar-refractivity contribution in [2.45, 2.75) is 20.4 Å². The maximum Gasteiger partial charge on any atom is 0.338 e. The Labute approximate surface area is 272 Å². The number of carboxylic acid groups (broad SMARTS) is 1. The first-order valence-corrected chi connectivity index (χ1v) is 15.5. The Bertz CT molecular complexity index is 2270. The van der Waals surface area contributed by atoms with E-state index in [0.717, 1.165) is 11.1 Å². The van der Waals surface area contributed by atoms with Crippen LogP contribution in [-0.4, -0.2) is 51.3 Å². The number of hydrogen-bond acceptors (Lipinski definition) is 9. The number of aromatic nitrogens is 4. The molecule has 12 heteroatoms. The van der Waals surface area contributed by atoms with Crippen LogP contribution in [0.15, 0.2) is 64.8 Å². The van der Waals surface area contributed by atoms with E-state index in [2.05, 4.69) is 11.1 Å². The number of anilines is 1. The molecule has 0 radical (unpaired) electrons. The average Bonchev–Trinajstić information content (AvgIpc) is 3.46. The van der Waals surface area contributed by atoms with Gasteiger partial charge >= 0.3 is 5.97 Å². The van der Waals surface area contributed by atoms with Crippen LogP contribution in [0.25, 0.3) is 43.5 Å². The standard InChI is InChI=1S/C34H27ClN6O4S/c1-18-14-23(31-29(37-18)25(17-46-31)34(43)44)22-15-21(35)10-11-26(22)45-13-12-41-19(2)38-30-27(33(41)42)24(16-36)32(40(3)4)39-28(30)20-8-6-5-7-9-20/h5-11,14-15,17H,12-13H2,1-4H3,(H,43,44). The maximum absolute atomic E-state index is 14.1. The smallest absolute Gasteiger partial charge is 0.338 e. The molecule has 0 saturated heterocycles. The molecule has 6 aromatic rings. The van der Waals surface area contributed by atoms with Crippen molar-refractivity contribution in [1.82, 2.24) is 19.5 Å². The Kier molecular flexibility index (Phi) is 8.17. The first kappa shape index (κ1) is 30.7. The zero-order valence-electron chi connectivity index (χ0n) is 25.3. The summed E-state index contributed by atoms with van der Waals surface area (Å²) in [6, 6.07) is 18.7. The first-order valence-electron chi connectivity index (χ1n) is 14.2. The van der Waals surface area contributed by atoms with Gasteiger partial charge in [0.05, 0.1) is 33.4 Å². The number of nitriles is 1. The summed E-state index contributed by atoms with van der Waals surface area (Å²) in [5.74, 6) is 0.281. The Morgan fingerprint density at radius 2 is 1.83 bits per heavy atom. The summed E-state index contributed by atoms with van der Waals surface area (Å²) in [5.41, 5.74) is 4.04. The molecular formula is C34H27ClN6O4S. The number of aromatic carboxylic acids is 1. The van der Waals surface area contributed by atoms with Gasteiger partial charge in [0.1, 0.15) is 41.1 Å². The van der Waals surface area contributed by atoms with Gasteiger partial charge in [-0.1, -0.05) is 41.9 Å². The van der Waals surface area contributed by atoms with Crippen LogP contribution < -0.4 is 15.2 Å². The topological polar surface area (TPSA) is 134 Å². The number of rotatable bonds is 8. The lowest BCUT2D eigenvalue weighted by Gasteiger charge is -2.19. The normalized spacial score (nSPS) is 11.1. The maximum atomic E-state index is 14.1. The highest BCUT2D eigenvalue weighted by molar-refractivity contribution is 7.18. The number of halogens is 1. The van der Waals surface area contributed by atoms with Gasteiger partial charge in [0.15, 0.2) is 0 Å². The number of fused-ring (bicyclic) bond motifs is 2.